The van der Waals surface area contributed by atoms with Crippen molar-refractivity contribution < 1.29 is 0 Å². The van der Waals surface area contributed by atoms with Crippen LogP contribution in [0.4, 0.5) is 5.82 Å². The molecule has 7 nitrogen and oxygen atoms in total. The number of piperazine rings is 1. The van der Waals surface area contributed by atoms with Crippen molar-refractivity contribution in [2.45, 2.75) is 26.8 Å². The van der Waals surface area contributed by atoms with Gasteiger partial charge in [-0.05, 0) is 32.5 Å². The minimum Gasteiger partial charge on any atom is -0.357 e. The highest BCUT2D eigenvalue weighted by Crippen LogP contribution is 2.14. The van der Waals surface area contributed by atoms with E-state index in [2.05, 4.69) is 68.4 Å². The first-order chi connectivity index (χ1) is 13.6. The van der Waals surface area contributed by atoms with Crippen molar-refractivity contribution in [3.05, 3.63) is 40.0 Å². The number of anilines is 1. The molecule has 1 fully saturated rings. The number of guanidine groups is 1. The summed E-state index contributed by atoms with van der Waals surface area (Å²) in [5.41, 5.74) is 1.12. The monoisotopic (exact) mass is 401 g/mol. The highest BCUT2D eigenvalue weighted by atomic mass is 32.1. The molecule has 152 valence electrons. The van der Waals surface area contributed by atoms with Crippen LogP contribution >= 0.6 is 11.3 Å². The minimum atomic E-state index is 0.613. The predicted octanol–water partition coefficient (Wildman–Crippen LogP) is 1.90. The minimum absolute atomic E-state index is 0.613. The fraction of sp³-hybridized carbons (Fsp3) is 0.550. The highest BCUT2D eigenvalue weighted by Gasteiger charge is 2.14. The molecule has 0 aliphatic carbocycles. The molecular weight excluding hydrogens is 370 g/mol. The summed E-state index contributed by atoms with van der Waals surface area (Å²) in [6.07, 6.45) is 4.78. The lowest BCUT2D eigenvalue weighted by Gasteiger charge is -2.33. The molecule has 8 heteroatoms. The van der Waals surface area contributed by atoms with E-state index in [1.807, 2.05) is 12.4 Å². The number of hydrogen-bond donors (Lipinski definition) is 2. The number of likely N-dealkylation sites (N-methyl/N-ethyl adjacent to an activating group) is 1. The van der Waals surface area contributed by atoms with Crippen LogP contribution in [0.3, 0.4) is 0 Å². The molecule has 3 heterocycles. The normalized spacial score (nSPS) is 15.7. The third-order valence-electron chi connectivity index (χ3n) is 4.70. The average Bonchev–Trinajstić information content (AvgIpc) is 3.12. The number of aromatic nitrogens is 2. The van der Waals surface area contributed by atoms with Crippen molar-refractivity contribution in [3.63, 3.8) is 0 Å². The molecule has 28 heavy (non-hydrogen) atoms. The van der Waals surface area contributed by atoms with Crippen molar-refractivity contribution in [1.29, 1.82) is 0 Å². The summed E-state index contributed by atoms with van der Waals surface area (Å²) in [5.74, 6) is 1.89. The molecule has 3 rings (SSSR count). The van der Waals surface area contributed by atoms with E-state index in [0.717, 1.165) is 68.0 Å². The van der Waals surface area contributed by atoms with Gasteiger partial charge in [0.25, 0.3) is 0 Å². The molecule has 2 N–H and O–H groups in total. The molecule has 0 amide bonds. The van der Waals surface area contributed by atoms with Gasteiger partial charge in [-0.3, -0.25) is 0 Å². The molecule has 0 aromatic carbocycles. The van der Waals surface area contributed by atoms with Crippen molar-refractivity contribution >= 4 is 23.1 Å². The summed E-state index contributed by atoms with van der Waals surface area (Å²) in [5, 5.41) is 7.85. The summed E-state index contributed by atoms with van der Waals surface area (Å²) < 4.78 is 0. The number of nitrogens with one attached hydrogen (secondary N) is 2. The first-order valence-electron chi connectivity index (χ1n) is 9.96. The fourth-order valence-corrected chi connectivity index (χ4v) is 3.84. The lowest BCUT2D eigenvalue weighted by Crippen LogP contribution is -2.44. The van der Waals surface area contributed by atoms with Gasteiger partial charge in [0, 0.05) is 63.0 Å². The van der Waals surface area contributed by atoms with Crippen molar-refractivity contribution in [2.75, 3.05) is 51.2 Å². The van der Waals surface area contributed by atoms with Gasteiger partial charge in [-0.1, -0.05) is 6.07 Å². The van der Waals surface area contributed by atoms with E-state index in [4.69, 9.17) is 0 Å². The first kappa shape index (κ1) is 20.5. The van der Waals surface area contributed by atoms with E-state index in [-0.39, 0.29) is 0 Å². The maximum absolute atomic E-state index is 4.69. The SMILES string of the molecule is CCNC(=NCc1ccc(N2CCN(C)CC2)nc1)NCCc1ncc(C)s1. The fourth-order valence-electron chi connectivity index (χ4n) is 3.05. The number of nitrogens with zero attached hydrogens (tertiary/aromatic N) is 5. The van der Waals surface area contributed by atoms with Crippen molar-refractivity contribution in [3.8, 4) is 0 Å². The second-order valence-electron chi connectivity index (χ2n) is 7.05. The zero-order valence-corrected chi connectivity index (χ0v) is 17.9. The summed E-state index contributed by atoms with van der Waals surface area (Å²) >= 11 is 1.75. The van der Waals surface area contributed by atoms with Crippen LogP contribution in [0, 0.1) is 6.92 Å². The Balaban J connectivity index is 1.50. The molecule has 1 aliphatic rings. The number of rotatable bonds is 7. The zero-order chi connectivity index (χ0) is 19.8. The Morgan fingerprint density at radius 2 is 1.96 bits per heavy atom. The second-order valence-corrected chi connectivity index (χ2v) is 8.37. The third kappa shape index (κ3) is 6.17. The molecule has 1 aliphatic heterocycles. The number of aliphatic imine (C=N–C) groups is 1. The van der Waals surface area contributed by atoms with Gasteiger partial charge in [0.05, 0.1) is 11.6 Å². The number of aryl methyl sites for hydroxylation is 1. The number of hydrogen-bond acceptors (Lipinski definition) is 6. The van der Waals surface area contributed by atoms with Gasteiger partial charge >= 0.3 is 0 Å². The van der Waals surface area contributed by atoms with Crippen molar-refractivity contribution in [1.82, 2.24) is 25.5 Å². The maximum atomic E-state index is 4.69. The molecule has 0 saturated carbocycles. The lowest BCUT2D eigenvalue weighted by atomic mass is 10.2. The standard InChI is InChI=1S/C20H31N7S/c1-4-21-20(22-8-7-19-24-13-16(2)28-19)25-15-17-5-6-18(23-14-17)27-11-9-26(3)10-12-27/h5-6,13-14H,4,7-12,15H2,1-3H3,(H2,21,22,25). The Labute approximate surface area is 171 Å². The number of pyridine rings is 1. The molecule has 1 saturated heterocycles. The molecule has 0 bridgehead atoms. The van der Waals surface area contributed by atoms with Crippen LogP contribution in [0.2, 0.25) is 0 Å². The van der Waals surface area contributed by atoms with Gasteiger partial charge in [0.1, 0.15) is 5.82 Å². The van der Waals surface area contributed by atoms with Crippen LogP contribution in [-0.2, 0) is 13.0 Å². The van der Waals surface area contributed by atoms with Crippen LogP contribution in [0.5, 0.6) is 0 Å². The van der Waals surface area contributed by atoms with E-state index in [1.54, 1.807) is 11.3 Å². The topological polar surface area (TPSA) is 68.7 Å². The maximum Gasteiger partial charge on any atom is 0.191 e. The molecule has 0 spiro atoms. The Morgan fingerprint density at radius 1 is 1.14 bits per heavy atom. The Hall–Kier alpha value is -2.19. The van der Waals surface area contributed by atoms with Crippen molar-refractivity contribution in [2.24, 2.45) is 4.99 Å². The molecule has 0 radical (unpaired) electrons. The van der Waals surface area contributed by atoms with Gasteiger partial charge in [-0.15, -0.1) is 11.3 Å². The highest BCUT2D eigenvalue weighted by molar-refractivity contribution is 7.11. The zero-order valence-electron chi connectivity index (χ0n) is 17.1. The van der Waals surface area contributed by atoms with Crippen LogP contribution in [0.25, 0.3) is 0 Å². The Kier molecular flexibility index (Phi) is 7.62. The first-order valence-corrected chi connectivity index (χ1v) is 10.8. The number of thiazole rings is 1. The van der Waals surface area contributed by atoms with Crippen LogP contribution < -0.4 is 15.5 Å². The largest absolute Gasteiger partial charge is 0.357 e. The molecule has 2 aromatic heterocycles. The van der Waals surface area contributed by atoms with Gasteiger partial charge < -0.3 is 20.4 Å². The quantitative estimate of drug-likeness (QED) is 0.546. The predicted molar refractivity (Wildman–Crippen MR) is 117 cm³/mol. The van der Waals surface area contributed by atoms with E-state index < -0.39 is 0 Å². The summed E-state index contributed by atoms with van der Waals surface area (Å²) in [6.45, 7) is 10.7. The van der Waals surface area contributed by atoms with Gasteiger partial charge in [-0.25, -0.2) is 15.0 Å². The molecule has 2 aromatic rings. The summed E-state index contributed by atoms with van der Waals surface area (Å²) in [4.78, 5) is 19.7. The van der Waals surface area contributed by atoms with Gasteiger partial charge in [0.15, 0.2) is 5.96 Å². The van der Waals surface area contributed by atoms with Gasteiger partial charge in [0.2, 0.25) is 0 Å². The van der Waals surface area contributed by atoms with Crippen LogP contribution in [0.1, 0.15) is 22.4 Å². The summed E-state index contributed by atoms with van der Waals surface area (Å²) in [7, 11) is 2.17. The average molecular weight is 402 g/mol. The third-order valence-corrected chi connectivity index (χ3v) is 5.67. The Bertz CT molecular complexity index is 748. The second kappa shape index (κ2) is 10.4. The Morgan fingerprint density at radius 3 is 2.61 bits per heavy atom. The van der Waals surface area contributed by atoms with E-state index in [0.29, 0.717) is 6.54 Å². The summed E-state index contributed by atoms with van der Waals surface area (Å²) in [6, 6.07) is 4.24. The van der Waals surface area contributed by atoms with Crippen LogP contribution in [-0.4, -0.2) is 67.1 Å². The van der Waals surface area contributed by atoms with E-state index in [9.17, 15) is 0 Å². The lowest BCUT2D eigenvalue weighted by molar-refractivity contribution is 0.312. The van der Waals surface area contributed by atoms with Crippen LogP contribution in [0.15, 0.2) is 29.5 Å². The van der Waals surface area contributed by atoms with Gasteiger partial charge in [-0.2, -0.15) is 0 Å². The molecular formula is C20H31N7S. The smallest absolute Gasteiger partial charge is 0.191 e. The molecule has 0 atom stereocenters. The van der Waals surface area contributed by atoms with E-state index >= 15 is 0 Å². The van der Waals surface area contributed by atoms with E-state index in [1.165, 1.54) is 4.88 Å². The molecule has 0 unspecified atom stereocenters.